The molecule has 0 fully saturated rings. The number of rotatable bonds is 1. The molecule has 0 heterocycles. The fourth-order valence-electron chi connectivity index (χ4n) is 1.01. The highest BCUT2D eigenvalue weighted by atomic mass is 16.6. The molecule has 1 N–H and O–H groups in total. The quantitative estimate of drug-likeness (QED) is 0.233. The number of hydrogen-bond acceptors (Lipinski definition) is 4. The predicted molar refractivity (Wildman–Crippen MR) is 46.5 cm³/mol. The van der Waals surface area contributed by atoms with E-state index in [0.29, 0.717) is 11.1 Å². The van der Waals surface area contributed by atoms with Crippen LogP contribution in [-0.4, -0.2) is 16.0 Å². The van der Waals surface area contributed by atoms with Gasteiger partial charge in [0, 0.05) is 0 Å². The molecule has 0 saturated heterocycles. The van der Waals surface area contributed by atoms with Crippen molar-refractivity contribution in [3.8, 4) is 0 Å². The average Bonchev–Trinajstić information content (AvgIpc) is 2.09. The van der Waals surface area contributed by atoms with E-state index in [4.69, 9.17) is 5.21 Å². The third-order valence-corrected chi connectivity index (χ3v) is 1.65. The third-order valence-electron chi connectivity index (χ3n) is 1.65. The van der Waals surface area contributed by atoms with E-state index in [0.717, 1.165) is 0 Å². The number of aryl methyl sites for hydroxylation is 1. The Hall–Kier alpha value is -1.91. The number of benzene rings is 1. The highest BCUT2D eigenvalue weighted by Gasteiger charge is 2.18. The first-order valence-corrected chi connectivity index (χ1v) is 3.59. The molecule has 0 amide bonds. The van der Waals surface area contributed by atoms with Gasteiger partial charge in [0.1, 0.15) is 0 Å². The molecule has 0 unspecified atom stereocenters. The molecule has 0 radical (unpaired) electrons. The molecular weight excluding hydrogens is 172 g/mol. The van der Waals surface area contributed by atoms with Crippen LogP contribution in [0.4, 0.5) is 0 Å². The van der Waals surface area contributed by atoms with Crippen LogP contribution in [0, 0.1) is 17.0 Å². The Bertz CT molecular complexity index is 360. The maximum Gasteiger partial charge on any atom is 0.416 e. The van der Waals surface area contributed by atoms with Crippen LogP contribution in [0.25, 0.3) is 0 Å². The zero-order chi connectivity index (χ0) is 9.84. The Morgan fingerprint density at radius 2 is 2.15 bits per heavy atom. The van der Waals surface area contributed by atoms with Gasteiger partial charge in [0.2, 0.25) is 0 Å². The molecule has 1 aromatic rings. The van der Waals surface area contributed by atoms with Gasteiger partial charge < -0.3 is 15.3 Å². The van der Waals surface area contributed by atoms with Gasteiger partial charge in [0.15, 0.2) is 5.16 Å². The number of amidine groups is 1. The molecule has 0 atom stereocenters. The minimum absolute atomic E-state index is 0.329. The third kappa shape index (κ3) is 1.81. The van der Waals surface area contributed by atoms with Gasteiger partial charge in [-0.2, -0.15) is 0 Å². The van der Waals surface area contributed by atoms with Crippen molar-refractivity contribution in [3.05, 3.63) is 45.5 Å². The van der Waals surface area contributed by atoms with Gasteiger partial charge in [-0.25, -0.2) is 0 Å². The fourth-order valence-corrected chi connectivity index (χ4v) is 1.01. The van der Waals surface area contributed by atoms with E-state index >= 15 is 0 Å². The average molecular weight is 180 g/mol. The lowest BCUT2D eigenvalue weighted by atomic mass is 10.1. The summed E-state index contributed by atoms with van der Waals surface area (Å²) in [7, 11) is 0. The maximum atomic E-state index is 10.4. The van der Waals surface area contributed by atoms with Gasteiger partial charge in [0.05, 0.1) is 5.56 Å². The SMILES string of the molecule is Cc1ccccc1C(=NO)[N+](=O)[O-]. The molecule has 0 aromatic heterocycles. The molecule has 5 nitrogen and oxygen atoms in total. The topological polar surface area (TPSA) is 75.7 Å². The highest BCUT2D eigenvalue weighted by molar-refractivity contribution is 5.93. The van der Waals surface area contributed by atoms with Crippen molar-refractivity contribution in [2.75, 3.05) is 0 Å². The summed E-state index contributed by atoms with van der Waals surface area (Å²) in [6, 6.07) is 6.65. The van der Waals surface area contributed by atoms with Gasteiger partial charge >= 0.3 is 5.84 Å². The summed E-state index contributed by atoms with van der Waals surface area (Å²) in [4.78, 5) is 9.68. The van der Waals surface area contributed by atoms with Crippen molar-refractivity contribution in [3.63, 3.8) is 0 Å². The minimum Gasteiger partial charge on any atom is -0.358 e. The van der Waals surface area contributed by atoms with Gasteiger partial charge in [-0.1, -0.05) is 18.2 Å². The second kappa shape index (κ2) is 3.66. The Kier molecular flexibility index (Phi) is 2.59. The molecule has 13 heavy (non-hydrogen) atoms. The molecule has 0 aliphatic carbocycles. The lowest BCUT2D eigenvalue weighted by molar-refractivity contribution is -0.351. The maximum absolute atomic E-state index is 10.4. The summed E-state index contributed by atoms with van der Waals surface area (Å²) in [6.45, 7) is 1.71. The van der Waals surface area contributed by atoms with Crippen molar-refractivity contribution in [2.45, 2.75) is 6.92 Å². The van der Waals surface area contributed by atoms with Crippen LogP contribution in [-0.2, 0) is 0 Å². The molecular formula is C8H8N2O3. The first-order valence-electron chi connectivity index (χ1n) is 3.59. The van der Waals surface area contributed by atoms with Crippen LogP contribution in [0.1, 0.15) is 11.1 Å². The van der Waals surface area contributed by atoms with E-state index in [1.165, 1.54) is 6.07 Å². The summed E-state index contributed by atoms with van der Waals surface area (Å²) in [5.41, 5.74) is 1.03. The predicted octanol–water partition coefficient (Wildman–Crippen LogP) is 1.41. The lowest BCUT2D eigenvalue weighted by Gasteiger charge is -1.99. The van der Waals surface area contributed by atoms with Crippen LogP contribution >= 0.6 is 0 Å². The summed E-state index contributed by atoms with van der Waals surface area (Å²) >= 11 is 0. The normalized spacial score (nSPS) is 11.3. The van der Waals surface area contributed by atoms with Gasteiger partial charge in [-0.15, -0.1) is 0 Å². The zero-order valence-corrected chi connectivity index (χ0v) is 6.97. The minimum atomic E-state index is -0.720. The molecule has 5 heteroatoms. The van der Waals surface area contributed by atoms with Crippen molar-refractivity contribution in [2.24, 2.45) is 5.16 Å². The Morgan fingerprint density at radius 1 is 1.54 bits per heavy atom. The second-order valence-corrected chi connectivity index (χ2v) is 2.50. The number of hydrogen-bond donors (Lipinski definition) is 1. The largest absolute Gasteiger partial charge is 0.416 e. The number of nitro groups is 1. The van der Waals surface area contributed by atoms with Crippen LogP contribution in [0.15, 0.2) is 29.4 Å². The van der Waals surface area contributed by atoms with Crippen LogP contribution in [0.5, 0.6) is 0 Å². The van der Waals surface area contributed by atoms with E-state index in [9.17, 15) is 10.1 Å². The fraction of sp³-hybridized carbons (Fsp3) is 0.125. The Morgan fingerprint density at radius 3 is 2.62 bits per heavy atom. The van der Waals surface area contributed by atoms with Crippen molar-refractivity contribution in [1.29, 1.82) is 0 Å². The smallest absolute Gasteiger partial charge is 0.358 e. The highest BCUT2D eigenvalue weighted by Crippen LogP contribution is 2.08. The van der Waals surface area contributed by atoms with Crippen molar-refractivity contribution >= 4 is 5.84 Å². The molecule has 1 rings (SSSR count). The molecule has 0 spiro atoms. The first kappa shape index (κ1) is 9.18. The van der Waals surface area contributed by atoms with E-state index in [1.54, 1.807) is 25.1 Å². The Balaban J connectivity index is 3.21. The number of oxime groups is 1. The zero-order valence-electron chi connectivity index (χ0n) is 6.97. The summed E-state index contributed by atoms with van der Waals surface area (Å²) in [6.07, 6.45) is 0. The van der Waals surface area contributed by atoms with Crippen LogP contribution in [0.2, 0.25) is 0 Å². The van der Waals surface area contributed by atoms with Crippen LogP contribution < -0.4 is 0 Å². The lowest BCUT2D eigenvalue weighted by Crippen LogP contribution is -2.14. The van der Waals surface area contributed by atoms with Gasteiger partial charge in [-0.3, -0.25) is 0 Å². The molecule has 1 aromatic carbocycles. The number of nitrogens with zero attached hydrogens (tertiary/aromatic N) is 2. The van der Waals surface area contributed by atoms with Crippen molar-refractivity contribution in [1.82, 2.24) is 0 Å². The summed E-state index contributed by atoms with van der Waals surface area (Å²) in [5.74, 6) is -0.530. The molecule has 0 aliphatic heterocycles. The first-order chi connectivity index (χ1) is 6.16. The van der Waals surface area contributed by atoms with E-state index in [-0.39, 0.29) is 0 Å². The molecule has 0 aliphatic rings. The molecule has 0 bridgehead atoms. The van der Waals surface area contributed by atoms with Crippen molar-refractivity contribution < 1.29 is 10.1 Å². The second-order valence-electron chi connectivity index (χ2n) is 2.50. The van der Waals surface area contributed by atoms with Crippen LogP contribution in [0.3, 0.4) is 0 Å². The standard InChI is InChI=1S/C8H8N2O3/c1-6-4-2-3-5-7(6)8(9-11)10(12)13/h2-5,11H,1H3. The van der Waals surface area contributed by atoms with Gasteiger partial charge in [-0.05, 0) is 23.5 Å². The summed E-state index contributed by atoms with van der Waals surface area (Å²) in [5, 5.41) is 21.5. The van der Waals surface area contributed by atoms with Gasteiger partial charge in [0.25, 0.3) is 0 Å². The van der Waals surface area contributed by atoms with E-state index < -0.39 is 10.8 Å². The molecule has 68 valence electrons. The molecule has 0 saturated carbocycles. The summed E-state index contributed by atoms with van der Waals surface area (Å²) < 4.78 is 0. The Labute approximate surface area is 74.5 Å². The monoisotopic (exact) mass is 180 g/mol. The van der Waals surface area contributed by atoms with E-state index in [1.807, 2.05) is 0 Å². The van der Waals surface area contributed by atoms with E-state index in [2.05, 4.69) is 5.16 Å².